The van der Waals surface area contributed by atoms with E-state index in [0.29, 0.717) is 31.7 Å². The van der Waals surface area contributed by atoms with E-state index in [1.165, 1.54) is 0 Å². The van der Waals surface area contributed by atoms with Gasteiger partial charge in [-0.3, -0.25) is 4.79 Å². The third-order valence-corrected chi connectivity index (χ3v) is 7.09. The maximum absolute atomic E-state index is 12.7. The second-order valence-electron chi connectivity index (χ2n) is 7.66. The van der Waals surface area contributed by atoms with Crippen LogP contribution in [0.2, 0.25) is 0 Å². The first-order chi connectivity index (χ1) is 15.4. The second kappa shape index (κ2) is 13.5. The Labute approximate surface area is 196 Å². The first kappa shape index (κ1) is 26.2. The predicted octanol–water partition coefficient (Wildman–Crippen LogP) is 3.93. The van der Waals surface area contributed by atoms with Crippen LogP contribution in [0.5, 0.6) is 5.75 Å². The van der Waals surface area contributed by atoms with Crippen molar-refractivity contribution in [3.8, 4) is 5.75 Å². The van der Waals surface area contributed by atoms with Crippen molar-refractivity contribution in [3.63, 3.8) is 0 Å². The minimum absolute atomic E-state index is 0.159. The smallest absolute Gasteiger partial charge is 0.241 e. The van der Waals surface area contributed by atoms with Gasteiger partial charge in [-0.15, -0.1) is 0 Å². The van der Waals surface area contributed by atoms with Gasteiger partial charge in [0.2, 0.25) is 15.9 Å². The summed E-state index contributed by atoms with van der Waals surface area (Å²) in [6.45, 7) is 5.16. The Balaban J connectivity index is 1.91. The summed E-state index contributed by atoms with van der Waals surface area (Å²) in [7, 11) is -3.78. The highest BCUT2D eigenvalue weighted by Gasteiger charge is 2.25. The van der Waals surface area contributed by atoms with Gasteiger partial charge in [0.1, 0.15) is 11.8 Å². The molecule has 6 nitrogen and oxygen atoms in total. The van der Waals surface area contributed by atoms with E-state index in [9.17, 15) is 13.2 Å². The Morgan fingerprint density at radius 3 is 2.41 bits per heavy atom. The summed E-state index contributed by atoms with van der Waals surface area (Å²) in [5.41, 5.74) is 2.05. The molecule has 1 amide bonds. The Morgan fingerprint density at radius 1 is 1.09 bits per heavy atom. The normalized spacial score (nSPS) is 12.3. The number of thioether (sulfide) groups is 1. The fourth-order valence-corrected chi connectivity index (χ4v) is 4.69. The van der Waals surface area contributed by atoms with Crippen molar-refractivity contribution in [2.24, 2.45) is 0 Å². The molecule has 0 aliphatic carbocycles. The Kier molecular flexibility index (Phi) is 11.1. The molecule has 0 fully saturated rings. The van der Waals surface area contributed by atoms with Crippen molar-refractivity contribution in [2.45, 2.75) is 50.5 Å². The van der Waals surface area contributed by atoms with Gasteiger partial charge >= 0.3 is 0 Å². The van der Waals surface area contributed by atoms with Crippen LogP contribution in [0.3, 0.4) is 0 Å². The summed E-state index contributed by atoms with van der Waals surface area (Å²) < 4.78 is 33.7. The molecule has 0 spiro atoms. The molecule has 0 aliphatic heterocycles. The monoisotopic (exact) mass is 478 g/mol. The van der Waals surface area contributed by atoms with Crippen LogP contribution in [0, 0.1) is 6.92 Å². The highest BCUT2D eigenvalue weighted by Crippen LogP contribution is 2.14. The van der Waals surface area contributed by atoms with E-state index in [4.69, 9.17) is 4.74 Å². The van der Waals surface area contributed by atoms with Gasteiger partial charge < -0.3 is 10.1 Å². The lowest BCUT2D eigenvalue weighted by Crippen LogP contribution is -2.47. The van der Waals surface area contributed by atoms with Gasteiger partial charge in [0.15, 0.2) is 0 Å². The van der Waals surface area contributed by atoms with Crippen LogP contribution in [0.4, 0.5) is 0 Å². The van der Waals surface area contributed by atoms with Crippen molar-refractivity contribution >= 4 is 27.7 Å². The minimum Gasteiger partial charge on any atom is -0.494 e. The molecule has 0 saturated heterocycles. The number of benzene rings is 2. The van der Waals surface area contributed by atoms with Crippen molar-refractivity contribution < 1.29 is 17.9 Å². The summed E-state index contributed by atoms with van der Waals surface area (Å²) in [5, 5.41) is 2.87. The predicted molar refractivity (Wildman–Crippen MR) is 132 cm³/mol. The fourth-order valence-electron chi connectivity index (χ4n) is 2.99. The molecule has 0 aliphatic rings. The number of unbranched alkanes of at least 4 members (excludes halogenated alkanes) is 1. The zero-order chi connectivity index (χ0) is 23.4. The Bertz CT molecular complexity index is 929. The summed E-state index contributed by atoms with van der Waals surface area (Å²) in [4.78, 5) is 12.9. The third-order valence-electron chi connectivity index (χ3n) is 4.96. The third kappa shape index (κ3) is 8.84. The van der Waals surface area contributed by atoms with Crippen molar-refractivity contribution in [1.82, 2.24) is 10.0 Å². The number of sulfonamides is 1. The van der Waals surface area contributed by atoms with Crippen LogP contribution in [-0.4, -0.2) is 45.5 Å². The fraction of sp³-hybridized carbons (Fsp3) is 0.458. The van der Waals surface area contributed by atoms with E-state index in [1.54, 1.807) is 36.0 Å². The number of aryl methyl sites for hydroxylation is 1. The number of hydrogen-bond donors (Lipinski definition) is 2. The standard InChI is InChI=1S/C24H34N2O4S2/c1-4-5-17-30-21-10-8-20(9-11-21)14-16-25-24(27)23(15-18-31-3)26-32(28,29)22-12-6-19(2)7-13-22/h6-13,23,26H,4-5,14-18H2,1-3H3,(H,25,27). The molecule has 32 heavy (non-hydrogen) atoms. The Morgan fingerprint density at radius 2 is 1.78 bits per heavy atom. The van der Waals surface area contributed by atoms with Gasteiger partial charge in [-0.2, -0.15) is 16.5 Å². The first-order valence-electron chi connectivity index (χ1n) is 10.9. The zero-order valence-corrected chi connectivity index (χ0v) is 20.7. The number of carbonyl (C=O) groups is 1. The quantitative estimate of drug-likeness (QED) is 0.402. The maximum Gasteiger partial charge on any atom is 0.241 e. The summed E-state index contributed by atoms with van der Waals surface area (Å²) in [6.07, 6.45) is 5.12. The molecular formula is C24H34N2O4S2. The first-order valence-corrected chi connectivity index (χ1v) is 13.8. The van der Waals surface area contributed by atoms with E-state index in [2.05, 4.69) is 17.0 Å². The van der Waals surface area contributed by atoms with Gasteiger partial charge in [0.05, 0.1) is 11.5 Å². The number of carbonyl (C=O) groups excluding carboxylic acids is 1. The maximum atomic E-state index is 12.7. The second-order valence-corrected chi connectivity index (χ2v) is 10.4. The summed E-state index contributed by atoms with van der Waals surface area (Å²) >= 11 is 1.57. The topological polar surface area (TPSA) is 84.5 Å². The minimum atomic E-state index is -3.78. The van der Waals surface area contributed by atoms with Crippen LogP contribution < -0.4 is 14.8 Å². The molecule has 0 heterocycles. The van der Waals surface area contributed by atoms with Gasteiger partial charge in [-0.1, -0.05) is 43.2 Å². The summed E-state index contributed by atoms with van der Waals surface area (Å²) in [5.74, 6) is 1.21. The largest absolute Gasteiger partial charge is 0.494 e. The molecule has 0 saturated carbocycles. The van der Waals surface area contributed by atoms with E-state index < -0.39 is 16.1 Å². The molecule has 0 bridgehead atoms. The van der Waals surface area contributed by atoms with Crippen molar-refractivity contribution in [2.75, 3.05) is 25.2 Å². The van der Waals surface area contributed by atoms with Crippen LogP contribution in [0.25, 0.3) is 0 Å². The lowest BCUT2D eigenvalue weighted by molar-refractivity contribution is -0.122. The molecule has 2 aromatic rings. The van der Waals surface area contributed by atoms with Gasteiger partial charge in [-0.25, -0.2) is 8.42 Å². The zero-order valence-electron chi connectivity index (χ0n) is 19.1. The molecule has 0 radical (unpaired) electrons. The average molecular weight is 479 g/mol. The van der Waals surface area contributed by atoms with Gasteiger partial charge in [-0.05, 0) is 68.0 Å². The number of nitrogens with one attached hydrogen (secondary N) is 2. The molecule has 1 atom stereocenters. The molecule has 2 N–H and O–H groups in total. The van der Waals surface area contributed by atoms with Crippen LogP contribution in [0.15, 0.2) is 53.4 Å². The number of hydrogen-bond acceptors (Lipinski definition) is 5. The number of ether oxygens (including phenoxy) is 1. The molecule has 2 aromatic carbocycles. The molecular weight excluding hydrogens is 444 g/mol. The molecule has 0 aromatic heterocycles. The van der Waals surface area contributed by atoms with E-state index in [-0.39, 0.29) is 10.8 Å². The van der Waals surface area contributed by atoms with Crippen LogP contribution >= 0.6 is 11.8 Å². The average Bonchev–Trinajstić information content (AvgIpc) is 2.78. The SMILES string of the molecule is CCCCOc1ccc(CCNC(=O)C(CCSC)NS(=O)(=O)c2ccc(C)cc2)cc1. The van der Waals surface area contributed by atoms with Crippen LogP contribution in [-0.2, 0) is 21.2 Å². The molecule has 8 heteroatoms. The summed E-state index contributed by atoms with van der Waals surface area (Å²) in [6, 6.07) is 13.6. The van der Waals surface area contributed by atoms with E-state index in [0.717, 1.165) is 29.7 Å². The highest BCUT2D eigenvalue weighted by atomic mass is 32.2. The van der Waals surface area contributed by atoms with E-state index >= 15 is 0 Å². The lowest BCUT2D eigenvalue weighted by atomic mass is 10.1. The van der Waals surface area contributed by atoms with Gasteiger partial charge in [0.25, 0.3) is 0 Å². The molecule has 1 unspecified atom stereocenters. The van der Waals surface area contributed by atoms with Crippen molar-refractivity contribution in [3.05, 3.63) is 59.7 Å². The van der Waals surface area contributed by atoms with Crippen molar-refractivity contribution in [1.29, 1.82) is 0 Å². The number of rotatable bonds is 14. The van der Waals surface area contributed by atoms with Gasteiger partial charge in [0, 0.05) is 6.54 Å². The van der Waals surface area contributed by atoms with E-state index in [1.807, 2.05) is 37.4 Å². The molecule has 176 valence electrons. The number of amides is 1. The highest BCUT2D eigenvalue weighted by molar-refractivity contribution is 7.98. The molecule has 2 rings (SSSR count). The lowest BCUT2D eigenvalue weighted by Gasteiger charge is -2.18. The Hall–Kier alpha value is -2.03. The van der Waals surface area contributed by atoms with Crippen LogP contribution in [0.1, 0.15) is 37.3 Å².